The van der Waals surface area contributed by atoms with Crippen molar-refractivity contribution < 1.29 is 4.79 Å². The number of para-hydroxylation sites is 1. The van der Waals surface area contributed by atoms with E-state index in [0.717, 1.165) is 30.2 Å². The largest absolute Gasteiger partial charge is 0.387 e. The van der Waals surface area contributed by atoms with Gasteiger partial charge in [-0.3, -0.25) is 9.78 Å². The molecule has 1 aliphatic heterocycles. The van der Waals surface area contributed by atoms with Gasteiger partial charge in [-0.15, -0.1) is 0 Å². The van der Waals surface area contributed by atoms with Crippen LogP contribution < -0.4 is 10.2 Å². The van der Waals surface area contributed by atoms with Crippen LogP contribution in [0.5, 0.6) is 0 Å². The number of nitrogens with one attached hydrogen (secondary N) is 1. The smallest absolute Gasteiger partial charge is 0.256 e. The predicted octanol–water partition coefficient (Wildman–Crippen LogP) is 1.48. The third kappa shape index (κ3) is 2.86. The minimum Gasteiger partial charge on any atom is -0.387 e. The van der Waals surface area contributed by atoms with E-state index in [1.165, 1.54) is 0 Å². The Morgan fingerprint density at radius 2 is 1.91 bits per heavy atom. The molecule has 3 rings (SSSR count). The maximum absolute atomic E-state index is 12.7. The van der Waals surface area contributed by atoms with Gasteiger partial charge in [0.15, 0.2) is 0 Å². The molecular formula is C16H19N5O. The number of hydrogen-bond acceptors (Lipinski definition) is 5. The van der Waals surface area contributed by atoms with Crippen LogP contribution in [0, 0.1) is 0 Å². The molecule has 6 nitrogen and oxygen atoms in total. The molecule has 2 heterocycles. The molecular weight excluding hydrogens is 278 g/mol. The molecule has 1 fully saturated rings. The minimum atomic E-state index is 0.0729. The fourth-order valence-electron chi connectivity index (χ4n) is 2.65. The number of anilines is 2. The maximum atomic E-state index is 12.7. The number of aromatic nitrogens is 2. The van der Waals surface area contributed by atoms with Crippen molar-refractivity contribution in [3.05, 3.63) is 48.4 Å². The van der Waals surface area contributed by atoms with Crippen LogP contribution in [0.1, 0.15) is 10.4 Å². The predicted molar refractivity (Wildman–Crippen MR) is 86.1 cm³/mol. The molecule has 1 amide bonds. The van der Waals surface area contributed by atoms with Crippen LogP contribution in [0.4, 0.5) is 11.5 Å². The molecule has 0 aliphatic carbocycles. The Balaban J connectivity index is 1.67. The second-order valence-electron chi connectivity index (χ2n) is 5.14. The zero-order valence-corrected chi connectivity index (χ0v) is 12.6. The summed E-state index contributed by atoms with van der Waals surface area (Å²) in [6.07, 6.45) is 5.11. The molecule has 1 aliphatic rings. The van der Waals surface area contributed by atoms with Gasteiger partial charge in [-0.25, -0.2) is 4.98 Å². The van der Waals surface area contributed by atoms with Gasteiger partial charge >= 0.3 is 0 Å². The normalized spacial score (nSPS) is 14.8. The van der Waals surface area contributed by atoms with E-state index in [1.54, 1.807) is 18.6 Å². The van der Waals surface area contributed by atoms with E-state index in [-0.39, 0.29) is 5.91 Å². The van der Waals surface area contributed by atoms with Gasteiger partial charge in [0.05, 0.1) is 11.8 Å². The number of carbonyl (C=O) groups is 1. The van der Waals surface area contributed by atoms with E-state index in [9.17, 15) is 4.79 Å². The van der Waals surface area contributed by atoms with Gasteiger partial charge < -0.3 is 15.1 Å². The van der Waals surface area contributed by atoms with Gasteiger partial charge in [0, 0.05) is 51.3 Å². The van der Waals surface area contributed by atoms with Gasteiger partial charge in [0.2, 0.25) is 0 Å². The third-order valence-corrected chi connectivity index (χ3v) is 3.87. The van der Waals surface area contributed by atoms with Crippen LogP contribution in [-0.2, 0) is 0 Å². The number of rotatable bonds is 3. The zero-order valence-electron chi connectivity index (χ0n) is 12.6. The number of benzene rings is 1. The summed E-state index contributed by atoms with van der Waals surface area (Å²) in [5.74, 6) is 0.939. The van der Waals surface area contributed by atoms with Crippen molar-refractivity contribution in [2.75, 3.05) is 43.4 Å². The maximum Gasteiger partial charge on any atom is 0.256 e. The first-order chi connectivity index (χ1) is 10.8. The van der Waals surface area contributed by atoms with Crippen LogP contribution in [0.2, 0.25) is 0 Å². The zero-order chi connectivity index (χ0) is 15.4. The highest BCUT2D eigenvalue weighted by atomic mass is 16.2. The summed E-state index contributed by atoms with van der Waals surface area (Å²) in [7, 11) is 1.83. The molecule has 1 saturated heterocycles. The summed E-state index contributed by atoms with van der Waals surface area (Å²) in [5, 5.41) is 3.07. The Kier molecular flexibility index (Phi) is 4.18. The van der Waals surface area contributed by atoms with Crippen molar-refractivity contribution in [3.8, 4) is 0 Å². The fourth-order valence-corrected chi connectivity index (χ4v) is 2.65. The molecule has 1 aromatic heterocycles. The highest BCUT2D eigenvalue weighted by Crippen LogP contribution is 2.18. The van der Waals surface area contributed by atoms with E-state index >= 15 is 0 Å². The molecule has 1 N–H and O–H groups in total. The molecule has 114 valence electrons. The van der Waals surface area contributed by atoms with E-state index in [2.05, 4.69) is 20.2 Å². The van der Waals surface area contributed by atoms with Crippen LogP contribution in [-0.4, -0.2) is 54.0 Å². The van der Waals surface area contributed by atoms with E-state index in [1.807, 2.05) is 36.2 Å². The summed E-state index contributed by atoms with van der Waals surface area (Å²) >= 11 is 0. The van der Waals surface area contributed by atoms with Crippen molar-refractivity contribution in [2.24, 2.45) is 0 Å². The van der Waals surface area contributed by atoms with E-state index < -0.39 is 0 Å². The second-order valence-corrected chi connectivity index (χ2v) is 5.14. The number of hydrogen-bond donors (Lipinski definition) is 1. The molecule has 1 aromatic carbocycles. The summed E-state index contributed by atoms with van der Waals surface area (Å²) < 4.78 is 0. The first-order valence-corrected chi connectivity index (χ1v) is 7.36. The van der Waals surface area contributed by atoms with Gasteiger partial charge in [-0.05, 0) is 12.1 Å². The first-order valence-electron chi connectivity index (χ1n) is 7.36. The number of amides is 1. The molecule has 0 spiro atoms. The SMILES string of the molecule is CNc1ccccc1C(=O)N1CCN(c2cnccn2)CC1. The minimum absolute atomic E-state index is 0.0729. The number of carbonyl (C=O) groups excluding carboxylic acids is 1. The molecule has 0 atom stereocenters. The second kappa shape index (κ2) is 6.43. The highest BCUT2D eigenvalue weighted by molar-refractivity contribution is 5.99. The van der Waals surface area contributed by atoms with Crippen molar-refractivity contribution in [1.82, 2.24) is 14.9 Å². The summed E-state index contributed by atoms with van der Waals surface area (Å²) in [6.45, 7) is 2.92. The van der Waals surface area contributed by atoms with Crippen molar-refractivity contribution in [2.45, 2.75) is 0 Å². The van der Waals surface area contributed by atoms with Gasteiger partial charge in [-0.2, -0.15) is 0 Å². The summed E-state index contributed by atoms with van der Waals surface area (Å²) in [5.41, 5.74) is 1.59. The molecule has 6 heteroatoms. The lowest BCUT2D eigenvalue weighted by Gasteiger charge is -2.35. The Morgan fingerprint density at radius 1 is 1.14 bits per heavy atom. The van der Waals surface area contributed by atoms with E-state index in [0.29, 0.717) is 13.1 Å². The van der Waals surface area contributed by atoms with E-state index in [4.69, 9.17) is 0 Å². The highest BCUT2D eigenvalue weighted by Gasteiger charge is 2.24. The van der Waals surface area contributed by atoms with Crippen LogP contribution in [0.15, 0.2) is 42.9 Å². The first kappa shape index (κ1) is 14.3. The van der Waals surface area contributed by atoms with Gasteiger partial charge in [-0.1, -0.05) is 12.1 Å². The third-order valence-electron chi connectivity index (χ3n) is 3.87. The lowest BCUT2D eigenvalue weighted by atomic mass is 10.1. The van der Waals surface area contributed by atoms with Crippen LogP contribution in [0.25, 0.3) is 0 Å². The average Bonchev–Trinajstić information content (AvgIpc) is 2.62. The number of piperazine rings is 1. The molecule has 0 saturated carbocycles. The molecule has 0 radical (unpaired) electrons. The van der Waals surface area contributed by atoms with Crippen molar-refractivity contribution in [1.29, 1.82) is 0 Å². The molecule has 22 heavy (non-hydrogen) atoms. The van der Waals surface area contributed by atoms with Crippen LogP contribution in [0.3, 0.4) is 0 Å². The lowest BCUT2D eigenvalue weighted by molar-refractivity contribution is 0.0747. The Morgan fingerprint density at radius 3 is 2.59 bits per heavy atom. The summed E-state index contributed by atoms with van der Waals surface area (Å²) in [6, 6.07) is 7.60. The quantitative estimate of drug-likeness (QED) is 0.930. The average molecular weight is 297 g/mol. The Hall–Kier alpha value is -2.63. The molecule has 2 aromatic rings. The molecule has 0 bridgehead atoms. The number of nitrogens with zero attached hydrogens (tertiary/aromatic N) is 4. The van der Waals surface area contributed by atoms with Crippen LogP contribution >= 0.6 is 0 Å². The monoisotopic (exact) mass is 297 g/mol. The Bertz CT molecular complexity index is 638. The van der Waals surface area contributed by atoms with Gasteiger partial charge in [0.1, 0.15) is 5.82 Å². The van der Waals surface area contributed by atoms with Crippen molar-refractivity contribution >= 4 is 17.4 Å². The van der Waals surface area contributed by atoms with Gasteiger partial charge in [0.25, 0.3) is 5.91 Å². The lowest BCUT2D eigenvalue weighted by Crippen LogP contribution is -2.49. The van der Waals surface area contributed by atoms with Crippen molar-refractivity contribution in [3.63, 3.8) is 0 Å². The topological polar surface area (TPSA) is 61.4 Å². The molecule has 0 unspecified atom stereocenters. The standard InChI is InChI=1S/C16H19N5O/c1-17-14-5-3-2-4-13(14)16(22)21-10-8-20(9-11-21)15-12-18-6-7-19-15/h2-7,12,17H,8-11H2,1H3. The Labute approximate surface area is 129 Å². The summed E-state index contributed by atoms with van der Waals surface area (Å²) in [4.78, 5) is 25.1. The fraction of sp³-hybridized carbons (Fsp3) is 0.312.